The average Bonchev–Trinajstić information content (AvgIpc) is 2.27. The molecule has 0 bridgehead atoms. The van der Waals surface area contributed by atoms with Gasteiger partial charge in [0.05, 0.1) is 0 Å². The molecular weight excluding hydrogens is 230 g/mol. The molecule has 0 saturated heterocycles. The van der Waals surface area contributed by atoms with Crippen molar-refractivity contribution in [3.8, 4) is 0 Å². The molecule has 102 valence electrons. The van der Waals surface area contributed by atoms with Gasteiger partial charge in [-0.2, -0.15) is 11.8 Å². The first-order valence-electron chi connectivity index (χ1n) is 7.05. The van der Waals surface area contributed by atoms with Gasteiger partial charge in [-0.3, -0.25) is 0 Å². The van der Waals surface area contributed by atoms with Crippen molar-refractivity contribution in [3.05, 3.63) is 0 Å². The van der Waals surface area contributed by atoms with Crippen molar-refractivity contribution in [2.75, 3.05) is 18.9 Å². The molecule has 1 saturated carbocycles. The van der Waals surface area contributed by atoms with Crippen LogP contribution in [-0.2, 0) is 0 Å². The van der Waals surface area contributed by atoms with E-state index in [0.29, 0.717) is 18.1 Å². The number of hydrogen-bond donors (Lipinski definition) is 2. The summed E-state index contributed by atoms with van der Waals surface area (Å²) >= 11 is 2.06. The lowest BCUT2D eigenvalue weighted by Gasteiger charge is -2.41. The van der Waals surface area contributed by atoms with Crippen LogP contribution in [0.1, 0.15) is 52.9 Å². The van der Waals surface area contributed by atoms with Crippen LogP contribution in [0.3, 0.4) is 0 Å². The lowest BCUT2D eigenvalue weighted by Crippen LogP contribution is -2.45. The van der Waals surface area contributed by atoms with Gasteiger partial charge in [-0.15, -0.1) is 0 Å². The third-order valence-corrected chi connectivity index (χ3v) is 5.07. The summed E-state index contributed by atoms with van der Waals surface area (Å²) < 4.78 is 0. The highest BCUT2D eigenvalue weighted by Crippen LogP contribution is 2.40. The molecule has 0 radical (unpaired) electrons. The van der Waals surface area contributed by atoms with Crippen molar-refractivity contribution >= 4 is 11.8 Å². The monoisotopic (exact) mass is 259 g/mol. The molecule has 17 heavy (non-hydrogen) atoms. The average molecular weight is 259 g/mol. The molecule has 2 N–H and O–H groups in total. The van der Waals surface area contributed by atoms with Gasteiger partial charge in [0, 0.05) is 17.9 Å². The van der Waals surface area contributed by atoms with E-state index in [4.69, 9.17) is 5.11 Å². The van der Waals surface area contributed by atoms with Crippen LogP contribution in [0, 0.1) is 5.41 Å². The van der Waals surface area contributed by atoms with Gasteiger partial charge >= 0.3 is 0 Å². The van der Waals surface area contributed by atoms with Crippen molar-refractivity contribution in [2.24, 2.45) is 5.41 Å². The van der Waals surface area contributed by atoms with E-state index in [9.17, 15) is 0 Å². The van der Waals surface area contributed by atoms with Crippen LogP contribution in [0.5, 0.6) is 0 Å². The fourth-order valence-corrected chi connectivity index (χ4v) is 4.19. The second kappa shape index (κ2) is 7.65. The molecule has 1 fully saturated rings. The van der Waals surface area contributed by atoms with Gasteiger partial charge in [-0.25, -0.2) is 0 Å². The normalized spacial score (nSPS) is 28.2. The largest absolute Gasteiger partial charge is 0.396 e. The summed E-state index contributed by atoms with van der Waals surface area (Å²) in [6.07, 6.45) is 6.11. The summed E-state index contributed by atoms with van der Waals surface area (Å²) in [7, 11) is 0. The summed E-state index contributed by atoms with van der Waals surface area (Å²) in [5, 5.41) is 13.3. The molecule has 0 spiro atoms. The number of hydrogen-bond acceptors (Lipinski definition) is 3. The highest BCUT2D eigenvalue weighted by atomic mass is 32.2. The number of aliphatic hydroxyl groups excluding tert-OH is 1. The predicted octanol–water partition coefficient (Wildman–Crippen LogP) is 3.05. The van der Waals surface area contributed by atoms with E-state index in [2.05, 4.69) is 37.8 Å². The Hall–Kier alpha value is 0.270. The van der Waals surface area contributed by atoms with Crippen molar-refractivity contribution in [1.29, 1.82) is 0 Å². The van der Waals surface area contributed by atoms with E-state index < -0.39 is 0 Å². The lowest BCUT2D eigenvalue weighted by molar-refractivity contribution is 0.214. The van der Waals surface area contributed by atoms with E-state index in [0.717, 1.165) is 24.0 Å². The van der Waals surface area contributed by atoms with Crippen LogP contribution in [0.4, 0.5) is 0 Å². The molecule has 1 aliphatic rings. The Kier molecular flexibility index (Phi) is 6.90. The van der Waals surface area contributed by atoms with Gasteiger partial charge < -0.3 is 10.4 Å². The number of aliphatic hydroxyl groups is 1. The zero-order valence-electron chi connectivity index (χ0n) is 11.7. The topological polar surface area (TPSA) is 32.3 Å². The molecule has 0 aromatic carbocycles. The van der Waals surface area contributed by atoms with E-state index in [1.807, 2.05) is 0 Å². The Morgan fingerprint density at radius 2 is 2.18 bits per heavy atom. The number of rotatable bonds is 7. The van der Waals surface area contributed by atoms with Crippen LogP contribution in [0.25, 0.3) is 0 Å². The van der Waals surface area contributed by atoms with Crippen LogP contribution in [0.15, 0.2) is 0 Å². The Balaban J connectivity index is 2.43. The molecule has 0 aliphatic heterocycles. The molecule has 0 aromatic rings. The smallest absolute Gasteiger partial charge is 0.0438 e. The Morgan fingerprint density at radius 1 is 1.41 bits per heavy atom. The molecule has 0 aromatic heterocycles. The maximum absolute atomic E-state index is 8.88. The summed E-state index contributed by atoms with van der Waals surface area (Å²) in [5.41, 5.74) is 0.501. The molecule has 0 amide bonds. The number of nitrogens with one attached hydrogen (secondary N) is 1. The van der Waals surface area contributed by atoms with Crippen molar-refractivity contribution in [2.45, 2.75) is 64.2 Å². The summed E-state index contributed by atoms with van der Waals surface area (Å²) in [6.45, 7) is 8.48. The van der Waals surface area contributed by atoms with E-state index >= 15 is 0 Å². The van der Waals surface area contributed by atoms with Crippen molar-refractivity contribution in [3.63, 3.8) is 0 Å². The maximum atomic E-state index is 8.88. The molecule has 1 rings (SSSR count). The minimum atomic E-state index is 0.330. The van der Waals surface area contributed by atoms with Crippen LogP contribution in [-0.4, -0.2) is 35.3 Å². The van der Waals surface area contributed by atoms with Gasteiger partial charge in [0.15, 0.2) is 0 Å². The Morgan fingerprint density at radius 3 is 2.82 bits per heavy atom. The highest BCUT2D eigenvalue weighted by molar-refractivity contribution is 7.99. The standard InChI is InChI=1S/C14H29NOS/c1-4-8-15-12-6-7-14(2,3)11-13(12)17-10-5-9-16/h12-13,15-16H,4-11H2,1-3H3. The molecule has 3 heteroatoms. The number of thioether (sulfide) groups is 1. The third-order valence-electron chi connectivity index (χ3n) is 3.63. The quantitative estimate of drug-likeness (QED) is 0.689. The minimum Gasteiger partial charge on any atom is -0.396 e. The molecule has 0 heterocycles. The summed E-state index contributed by atoms with van der Waals surface area (Å²) in [5.74, 6) is 1.10. The summed E-state index contributed by atoms with van der Waals surface area (Å²) in [6, 6.07) is 0.687. The maximum Gasteiger partial charge on any atom is 0.0438 e. The highest BCUT2D eigenvalue weighted by Gasteiger charge is 2.34. The first kappa shape index (κ1) is 15.3. The molecule has 2 atom stereocenters. The van der Waals surface area contributed by atoms with E-state index in [1.54, 1.807) is 0 Å². The van der Waals surface area contributed by atoms with Crippen LogP contribution >= 0.6 is 11.8 Å². The zero-order chi connectivity index (χ0) is 12.7. The summed E-state index contributed by atoms with van der Waals surface area (Å²) in [4.78, 5) is 0. The first-order valence-corrected chi connectivity index (χ1v) is 8.10. The van der Waals surface area contributed by atoms with Gasteiger partial charge in [0.1, 0.15) is 0 Å². The molecule has 2 unspecified atom stereocenters. The second-order valence-corrected chi connectivity index (χ2v) is 7.30. The third kappa shape index (κ3) is 5.62. The fraction of sp³-hybridized carbons (Fsp3) is 1.00. The van der Waals surface area contributed by atoms with Crippen LogP contribution in [0.2, 0.25) is 0 Å². The second-order valence-electron chi connectivity index (χ2n) is 5.95. The Bertz CT molecular complexity index is 208. The minimum absolute atomic E-state index is 0.330. The van der Waals surface area contributed by atoms with Gasteiger partial charge in [-0.1, -0.05) is 20.8 Å². The van der Waals surface area contributed by atoms with Gasteiger partial charge in [0.2, 0.25) is 0 Å². The van der Waals surface area contributed by atoms with E-state index in [-0.39, 0.29) is 0 Å². The molecular formula is C14H29NOS. The fourth-order valence-electron chi connectivity index (χ4n) is 2.56. The predicted molar refractivity (Wildman–Crippen MR) is 77.7 cm³/mol. The molecule has 1 aliphatic carbocycles. The first-order chi connectivity index (χ1) is 8.09. The van der Waals surface area contributed by atoms with Gasteiger partial charge in [0.25, 0.3) is 0 Å². The van der Waals surface area contributed by atoms with E-state index in [1.165, 1.54) is 25.7 Å². The lowest BCUT2D eigenvalue weighted by atomic mass is 9.75. The Labute approximate surface area is 111 Å². The zero-order valence-corrected chi connectivity index (χ0v) is 12.5. The molecule has 2 nitrogen and oxygen atoms in total. The SMILES string of the molecule is CCCNC1CCC(C)(C)CC1SCCCO. The van der Waals surface area contributed by atoms with Crippen molar-refractivity contribution in [1.82, 2.24) is 5.32 Å². The van der Waals surface area contributed by atoms with Gasteiger partial charge in [-0.05, 0) is 49.8 Å². The van der Waals surface area contributed by atoms with Crippen LogP contribution < -0.4 is 5.32 Å². The van der Waals surface area contributed by atoms with Crippen molar-refractivity contribution < 1.29 is 5.11 Å².